The summed E-state index contributed by atoms with van der Waals surface area (Å²) in [6.45, 7) is 0. The largest absolute Gasteiger partial charge is 0.335 e. The van der Waals surface area contributed by atoms with Crippen molar-refractivity contribution in [2.24, 2.45) is 0 Å². The maximum atomic E-state index is 11.7. The number of amides is 3. The number of carbonyl (C=O) groups is 2. The van der Waals surface area contributed by atoms with Gasteiger partial charge in [0.05, 0.1) is 5.75 Å². The molecule has 1 aromatic rings. The fourth-order valence-electron chi connectivity index (χ4n) is 2.30. The van der Waals surface area contributed by atoms with Gasteiger partial charge in [-0.15, -0.1) is 11.8 Å². The summed E-state index contributed by atoms with van der Waals surface area (Å²) in [6.07, 6.45) is 5.58. The van der Waals surface area contributed by atoms with Crippen LogP contribution < -0.4 is 10.6 Å². The average molecular weight is 292 g/mol. The van der Waals surface area contributed by atoms with Gasteiger partial charge in [0, 0.05) is 10.9 Å². The van der Waals surface area contributed by atoms with E-state index in [-0.39, 0.29) is 23.7 Å². The van der Waals surface area contributed by atoms with Crippen LogP contribution in [0, 0.1) is 0 Å². The molecule has 3 amide bonds. The molecule has 1 saturated carbocycles. The SMILES string of the molecule is O=C(CSc1ccccc1)NC(=O)NC1CCCCC1. The predicted octanol–water partition coefficient (Wildman–Crippen LogP) is 2.94. The number of nitrogens with one attached hydrogen (secondary N) is 2. The molecule has 0 aromatic heterocycles. The van der Waals surface area contributed by atoms with Gasteiger partial charge in [-0.1, -0.05) is 37.5 Å². The van der Waals surface area contributed by atoms with Crippen molar-refractivity contribution in [2.75, 3.05) is 5.75 Å². The van der Waals surface area contributed by atoms with Crippen molar-refractivity contribution in [1.29, 1.82) is 0 Å². The van der Waals surface area contributed by atoms with Crippen molar-refractivity contribution in [3.63, 3.8) is 0 Å². The van der Waals surface area contributed by atoms with Crippen molar-refractivity contribution in [1.82, 2.24) is 10.6 Å². The Morgan fingerprint density at radius 2 is 1.80 bits per heavy atom. The van der Waals surface area contributed by atoms with Crippen molar-refractivity contribution in [2.45, 2.75) is 43.0 Å². The minimum absolute atomic E-state index is 0.221. The summed E-state index contributed by atoms with van der Waals surface area (Å²) >= 11 is 1.42. The molecule has 1 aliphatic carbocycles. The first kappa shape index (κ1) is 14.9. The highest BCUT2D eigenvalue weighted by atomic mass is 32.2. The fourth-order valence-corrected chi connectivity index (χ4v) is 3.02. The third-order valence-corrected chi connectivity index (χ3v) is 4.32. The molecule has 2 N–H and O–H groups in total. The summed E-state index contributed by atoms with van der Waals surface area (Å²) in [7, 11) is 0. The molecule has 0 aliphatic heterocycles. The number of benzene rings is 1. The van der Waals surface area contributed by atoms with Crippen molar-refractivity contribution in [3.05, 3.63) is 30.3 Å². The van der Waals surface area contributed by atoms with E-state index in [9.17, 15) is 9.59 Å². The fraction of sp³-hybridized carbons (Fsp3) is 0.467. The standard InChI is InChI=1S/C15H20N2O2S/c18-14(11-20-13-9-5-2-6-10-13)17-15(19)16-12-7-3-1-4-8-12/h2,5-6,9-10,12H,1,3-4,7-8,11H2,(H2,16,17,18,19). The number of imide groups is 1. The number of rotatable bonds is 4. The topological polar surface area (TPSA) is 58.2 Å². The van der Waals surface area contributed by atoms with Crippen LogP contribution >= 0.6 is 11.8 Å². The summed E-state index contributed by atoms with van der Waals surface area (Å²) in [5.41, 5.74) is 0. The van der Waals surface area contributed by atoms with Crippen molar-refractivity contribution < 1.29 is 9.59 Å². The van der Waals surface area contributed by atoms with Gasteiger partial charge in [0.25, 0.3) is 0 Å². The Bertz CT molecular complexity index is 444. The first-order valence-electron chi connectivity index (χ1n) is 7.02. The van der Waals surface area contributed by atoms with E-state index in [4.69, 9.17) is 0 Å². The molecule has 1 fully saturated rings. The van der Waals surface area contributed by atoms with Crippen molar-refractivity contribution >= 4 is 23.7 Å². The summed E-state index contributed by atoms with van der Waals surface area (Å²) in [5.74, 6) is -0.00517. The lowest BCUT2D eigenvalue weighted by Gasteiger charge is -2.22. The molecule has 0 bridgehead atoms. The molecule has 0 radical (unpaired) electrons. The maximum absolute atomic E-state index is 11.7. The molecular weight excluding hydrogens is 272 g/mol. The number of carbonyl (C=O) groups excluding carboxylic acids is 2. The molecule has 0 atom stereocenters. The average Bonchev–Trinajstić information content (AvgIpc) is 2.47. The minimum Gasteiger partial charge on any atom is -0.335 e. The van der Waals surface area contributed by atoms with Crippen LogP contribution in [-0.4, -0.2) is 23.7 Å². The van der Waals surface area contributed by atoms with E-state index in [0.717, 1.165) is 30.6 Å². The number of hydrogen-bond acceptors (Lipinski definition) is 3. The second-order valence-electron chi connectivity index (χ2n) is 4.96. The molecule has 2 rings (SSSR count). The Labute approximate surface area is 123 Å². The molecule has 108 valence electrons. The first-order chi connectivity index (χ1) is 9.74. The monoisotopic (exact) mass is 292 g/mol. The molecule has 4 nitrogen and oxygen atoms in total. The van der Waals surface area contributed by atoms with Crippen LogP contribution in [0.15, 0.2) is 35.2 Å². The van der Waals surface area contributed by atoms with E-state index >= 15 is 0 Å². The van der Waals surface area contributed by atoms with Gasteiger partial charge in [0.15, 0.2) is 0 Å². The maximum Gasteiger partial charge on any atom is 0.321 e. The molecule has 20 heavy (non-hydrogen) atoms. The molecule has 1 aromatic carbocycles. The lowest BCUT2D eigenvalue weighted by molar-refractivity contribution is -0.117. The van der Waals surface area contributed by atoms with Crippen molar-refractivity contribution in [3.8, 4) is 0 Å². The van der Waals surface area contributed by atoms with Gasteiger partial charge >= 0.3 is 6.03 Å². The third-order valence-electron chi connectivity index (χ3n) is 3.31. The third kappa shape index (κ3) is 5.25. The highest BCUT2D eigenvalue weighted by Crippen LogP contribution is 2.17. The first-order valence-corrected chi connectivity index (χ1v) is 8.01. The number of urea groups is 1. The Balaban J connectivity index is 1.67. The predicted molar refractivity (Wildman–Crippen MR) is 80.7 cm³/mol. The molecule has 5 heteroatoms. The lowest BCUT2D eigenvalue weighted by atomic mass is 9.96. The Morgan fingerprint density at radius 3 is 2.50 bits per heavy atom. The van der Waals surface area contributed by atoms with Crippen LogP contribution in [0.4, 0.5) is 4.79 Å². The zero-order valence-corrected chi connectivity index (χ0v) is 12.2. The van der Waals surface area contributed by atoms with E-state index < -0.39 is 0 Å². The van der Waals surface area contributed by atoms with Crippen LogP contribution in [0.5, 0.6) is 0 Å². The second kappa shape index (κ2) is 7.94. The number of hydrogen-bond donors (Lipinski definition) is 2. The molecular formula is C15H20N2O2S. The number of thioether (sulfide) groups is 1. The molecule has 0 heterocycles. The van der Waals surface area contributed by atoms with Gasteiger partial charge < -0.3 is 5.32 Å². The summed E-state index contributed by atoms with van der Waals surface area (Å²) < 4.78 is 0. The molecule has 0 saturated heterocycles. The normalized spacial score (nSPS) is 15.6. The summed E-state index contributed by atoms with van der Waals surface area (Å²) in [4.78, 5) is 24.4. The van der Waals surface area contributed by atoms with Crippen LogP contribution in [0.2, 0.25) is 0 Å². The van der Waals surface area contributed by atoms with E-state index in [1.807, 2.05) is 30.3 Å². The second-order valence-corrected chi connectivity index (χ2v) is 6.01. The Hall–Kier alpha value is -1.49. The zero-order chi connectivity index (χ0) is 14.2. The minimum atomic E-state index is -0.365. The molecule has 0 unspecified atom stereocenters. The van der Waals surface area contributed by atoms with E-state index in [1.165, 1.54) is 18.2 Å². The quantitative estimate of drug-likeness (QED) is 0.839. The van der Waals surface area contributed by atoms with E-state index in [2.05, 4.69) is 10.6 Å². The van der Waals surface area contributed by atoms with E-state index in [0.29, 0.717) is 0 Å². The van der Waals surface area contributed by atoms with Gasteiger partial charge in [-0.2, -0.15) is 0 Å². The summed E-state index contributed by atoms with van der Waals surface area (Å²) in [6, 6.07) is 9.53. The van der Waals surface area contributed by atoms with E-state index in [1.54, 1.807) is 0 Å². The molecule has 0 spiro atoms. The van der Waals surface area contributed by atoms with Crippen LogP contribution in [0.1, 0.15) is 32.1 Å². The zero-order valence-electron chi connectivity index (χ0n) is 11.4. The Kier molecular flexibility index (Phi) is 5.92. The molecule has 1 aliphatic rings. The highest BCUT2D eigenvalue weighted by Gasteiger charge is 2.16. The smallest absolute Gasteiger partial charge is 0.321 e. The highest BCUT2D eigenvalue weighted by molar-refractivity contribution is 8.00. The van der Waals surface area contributed by atoms with Crippen LogP contribution in [-0.2, 0) is 4.79 Å². The van der Waals surface area contributed by atoms with Gasteiger partial charge in [0.2, 0.25) is 5.91 Å². The lowest BCUT2D eigenvalue weighted by Crippen LogP contribution is -2.45. The van der Waals surface area contributed by atoms with Gasteiger partial charge in [0.1, 0.15) is 0 Å². The Morgan fingerprint density at radius 1 is 1.10 bits per heavy atom. The van der Waals surface area contributed by atoms with Gasteiger partial charge in [-0.25, -0.2) is 4.79 Å². The van der Waals surface area contributed by atoms with Gasteiger partial charge in [-0.05, 0) is 25.0 Å². The summed E-state index contributed by atoms with van der Waals surface area (Å²) in [5, 5.41) is 5.26. The van der Waals surface area contributed by atoms with Crippen LogP contribution in [0.25, 0.3) is 0 Å². The van der Waals surface area contributed by atoms with Gasteiger partial charge in [-0.3, -0.25) is 10.1 Å². The van der Waals surface area contributed by atoms with Crippen LogP contribution in [0.3, 0.4) is 0 Å².